The van der Waals surface area contributed by atoms with E-state index in [1.165, 1.54) is 22.1 Å². The minimum atomic E-state index is -0.717. The Morgan fingerprint density at radius 3 is 2.59 bits per heavy atom. The maximum Gasteiger partial charge on any atom is 0.261 e. The molecule has 0 radical (unpaired) electrons. The molecule has 32 heavy (non-hydrogen) atoms. The van der Waals surface area contributed by atoms with E-state index in [4.69, 9.17) is 4.74 Å². The molecule has 3 aromatic rings. The topological polar surface area (TPSA) is 75.6 Å². The lowest BCUT2D eigenvalue weighted by Gasteiger charge is -2.20. The fourth-order valence-electron chi connectivity index (χ4n) is 3.31. The second-order valence-electron chi connectivity index (χ2n) is 7.50. The fraction of sp³-hybridized carbons (Fsp3) is 0.217. The molecular weight excluding hydrogens is 418 g/mol. The van der Waals surface area contributed by atoms with E-state index in [0.717, 1.165) is 12.1 Å². The van der Waals surface area contributed by atoms with Crippen molar-refractivity contribution in [3.63, 3.8) is 0 Å². The Hall–Kier alpha value is -3.88. The summed E-state index contributed by atoms with van der Waals surface area (Å²) in [4.78, 5) is 36.6. The van der Waals surface area contributed by atoms with Gasteiger partial charge in [-0.05, 0) is 18.2 Å². The van der Waals surface area contributed by atoms with E-state index in [0.29, 0.717) is 17.0 Å². The van der Waals surface area contributed by atoms with E-state index in [1.54, 1.807) is 38.4 Å². The second kappa shape index (κ2) is 8.70. The average Bonchev–Trinajstić information content (AvgIpc) is 2.93. The van der Waals surface area contributed by atoms with Crippen LogP contribution in [0.4, 0.5) is 8.78 Å². The molecule has 7 nitrogen and oxygen atoms in total. The smallest absolute Gasteiger partial charge is 0.261 e. The third-order valence-corrected chi connectivity index (χ3v) is 5.04. The van der Waals surface area contributed by atoms with E-state index >= 15 is 0 Å². The highest BCUT2D eigenvalue weighted by molar-refractivity contribution is 5.97. The predicted molar refractivity (Wildman–Crippen MR) is 112 cm³/mol. The molecule has 4 rings (SSSR count). The van der Waals surface area contributed by atoms with Crippen LogP contribution in [0.15, 0.2) is 48.7 Å². The van der Waals surface area contributed by atoms with Crippen LogP contribution < -0.4 is 4.74 Å². The molecule has 164 valence electrons. The van der Waals surface area contributed by atoms with Crippen LogP contribution in [-0.4, -0.2) is 58.8 Å². The van der Waals surface area contributed by atoms with Crippen molar-refractivity contribution in [1.29, 1.82) is 0 Å². The molecule has 0 bridgehead atoms. The van der Waals surface area contributed by atoms with Crippen LogP contribution >= 0.6 is 0 Å². The molecule has 0 unspecified atom stereocenters. The molecule has 0 fully saturated rings. The summed E-state index contributed by atoms with van der Waals surface area (Å²) < 4.78 is 32.9. The first-order valence-corrected chi connectivity index (χ1v) is 9.88. The van der Waals surface area contributed by atoms with E-state index in [-0.39, 0.29) is 42.6 Å². The Balaban J connectivity index is 1.57. The zero-order chi connectivity index (χ0) is 22.8. The van der Waals surface area contributed by atoms with Crippen molar-refractivity contribution >= 4 is 11.8 Å². The molecule has 1 aromatic heterocycles. The lowest BCUT2D eigenvalue weighted by molar-refractivity contribution is 0.0740. The largest absolute Gasteiger partial charge is 0.475 e. The Kier molecular flexibility index (Phi) is 5.81. The number of carbonyl (C=O) groups excluding carboxylic acids is 2. The average molecular weight is 438 g/mol. The first kappa shape index (κ1) is 21.4. The van der Waals surface area contributed by atoms with Crippen molar-refractivity contribution in [2.75, 3.05) is 27.2 Å². The molecule has 2 amide bonds. The summed E-state index contributed by atoms with van der Waals surface area (Å²) >= 11 is 0. The molecule has 0 N–H and O–H groups in total. The zero-order valence-corrected chi connectivity index (χ0v) is 17.5. The monoisotopic (exact) mass is 438 g/mol. The van der Waals surface area contributed by atoms with Gasteiger partial charge in [0, 0.05) is 49.6 Å². The van der Waals surface area contributed by atoms with Crippen LogP contribution in [0.25, 0.3) is 11.4 Å². The number of halogens is 2. The third kappa shape index (κ3) is 4.27. The molecule has 0 spiro atoms. The minimum Gasteiger partial charge on any atom is -0.475 e. The number of carbonyl (C=O) groups is 2. The normalized spacial score (nSPS) is 13.2. The molecule has 2 aromatic carbocycles. The van der Waals surface area contributed by atoms with Crippen LogP contribution in [0.1, 0.15) is 26.3 Å². The summed E-state index contributed by atoms with van der Waals surface area (Å²) in [6, 6.07) is 10.1. The predicted octanol–water partition coefficient (Wildman–Crippen LogP) is 3.16. The van der Waals surface area contributed by atoms with Gasteiger partial charge in [-0.3, -0.25) is 9.59 Å². The number of benzene rings is 2. The van der Waals surface area contributed by atoms with Gasteiger partial charge in [0.2, 0.25) is 5.88 Å². The van der Waals surface area contributed by atoms with Gasteiger partial charge in [-0.15, -0.1) is 0 Å². The zero-order valence-electron chi connectivity index (χ0n) is 17.5. The van der Waals surface area contributed by atoms with Gasteiger partial charge < -0.3 is 14.5 Å². The number of rotatable bonds is 4. The van der Waals surface area contributed by atoms with Crippen molar-refractivity contribution in [1.82, 2.24) is 19.8 Å². The van der Waals surface area contributed by atoms with E-state index in [9.17, 15) is 18.4 Å². The first-order chi connectivity index (χ1) is 15.3. The van der Waals surface area contributed by atoms with Crippen LogP contribution in [0.3, 0.4) is 0 Å². The molecule has 1 aliphatic heterocycles. The molecular formula is C23H20F2N4O3. The van der Waals surface area contributed by atoms with Crippen molar-refractivity contribution in [3.05, 3.63) is 77.0 Å². The number of fused-ring (bicyclic) bond motifs is 1. The van der Waals surface area contributed by atoms with Gasteiger partial charge in [0.15, 0.2) is 5.82 Å². The van der Waals surface area contributed by atoms with Gasteiger partial charge in [0.1, 0.15) is 23.8 Å². The maximum atomic E-state index is 14.0. The summed E-state index contributed by atoms with van der Waals surface area (Å²) in [5, 5.41) is 0. The highest BCUT2D eigenvalue weighted by Crippen LogP contribution is 2.25. The van der Waals surface area contributed by atoms with Gasteiger partial charge in [-0.1, -0.05) is 18.2 Å². The number of amides is 2. The van der Waals surface area contributed by atoms with Crippen molar-refractivity contribution in [2.45, 2.75) is 6.54 Å². The van der Waals surface area contributed by atoms with Crippen molar-refractivity contribution < 1.29 is 23.1 Å². The summed E-state index contributed by atoms with van der Waals surface area (Å²) in [6.07, 6.45) is 1.37. The van der Waals surface area contributed by atoms with E-state index in [1.807, 2.05) is 0 Å². The van der Waals surface area contributed by atoms with Crippen molar-refractivity contribution in [2.24, 2.45) is 0 Å². The summed E-state index contributed by atoms with van der Waals surface area (Å²) in [5.74, 6) is -1.44. The van der Waals surface area contributed by atoms with Crippen LogP contribution in [-0.2, 0) is 6.54 Å². The highest BCUT2D eigenvalue weighted by Gasteiger charge is 2.26. The van der Waals surface area contributed by atoms with Crippen LogP contribution in [0.5, 0.6) is 5.88 Å². The Morgan fingerprint density at radius 2 is 1.91 bits per heavy atom. The number of aromatic nitrogens is 2. The molecule has 9 heteroatoms. The molecule has 0 aliphatic carbocycles. The third-order valence-electron chi connectivity index (χ3n) is 5.04. The molecule has 0 atom stereocenters. The highest BCUT2D eigenvalue weighted by atomic mass is 19.1. The van der Waals surface area contributed by atoms with Gasteiger partial charge >= 0.3 is 0 Å². The summed E-state index contributed by atoms with van der Waals surface area (Å²) in [6.45, 7) is 0.341. The molecule has 1 aliphatic rings. The summed E-state index contributed by atoms with van der Waals surface area (Å²) in [5.41, 5.74) is 1.55. The fourth-order valence-corrected chi connectivity index (χ4v) is 3.31. The Bertz CT molecular complexity index is 1180. The molecule has 0 saturated carbocycles. The number of nitrogens with zero attached hydrogens (tertiary/aromatic N) is 4. The Morgan fingerprint density at radius 1 is 1.16 bits per heavy atom. The number of hydrogen-bond donors (Lipinski definition) is 0. The molecule has 2 heterocycles. The van der Waals surface area contributed by atoms with Gasteiger partial charge in [0.25, 0.3) is 11.8 Å². The lowest BCUT2D eigenvalue weighted by atomic mass is 10.1. The quantitative estimate of drug-likeness (QED) is 0.626. The molecule has 0 saturated heterocycles. The Labute approximate surface area is 183 Å². The van der Waals surface area contributed by atoms with Crippen molar-refractivity contribution in [3.8, 4) is 17.3 Å². The standard InChI is InChI=1S/C23H20F2N4O3/c1-28(2)22(30)15-5-3-14(4-6-15)20-26-12-18-21(27-20)32-10-9-29(23(18)31)13-16-7-8-17(24)11-19(16)25/h3-8,11-12H,9-10,13H2,1-2H3. The van der Waals surface area contributed by atoms with Crippen LogP contribution in [0.2, 0.25) is 0 Å². The second-order valence-corrected chi connectivity index (χ2v) is 7.50. The van der Waals surface area contributed by atoms with E-state index < -0.39 is 17.5 Å². The first-order valence-electron chi connectivity index (χ1n) is 9.88. The van der Waals surface area contributed by atoms with Gasteiger partial charge in [-0.25, -0.2) is 13.8 Å². The minimum absolute atomic E-state index is 0.0309. The van der Waals surface area contributed by atoms with Crippen LogP contribution in [0, 0.1) is 11.6 Å². The maximum absolute atomic E-state index is 14.0. The van der Waals surface area contributed by atoms with Gasteiger partial charge in [-0.2, -0.15) is 4.98 Å². The van der Waals surface area contributed by atoms with E-state index in [2.05, 4.69) is 9.97 Å². The number of ether oxygens (including phenoxy) is 1. The lowest BCUT2D eigenvalue weighted by Crippen LogP contribution is -2.32. The SMILES string of the molecule is CN(C)C(=O)c1ccc(-c2ncc3c(n2)OCCN(Cc2ccc(F)cc2F)C3=O)cc1. The van der Waals surface area contributed by atoms with Gasteiger partial charge in [0.05, 0.1) is 6.54 Å². The number of hydrogen-bond acceptors (Lipinski definition) is 5. The summed E-state index contributed by atoms with van der Waals surface area (Å²) in [7, 11) is 3.35.